The van der Waals surface area contributed by atoms with Gasteiger partial charge in [0.25, 0.3) is 0 Å². The molecule has 0 heterocycles. The number of hydrogen-bond donors (Lipinski definition) is 2. The van der Waals surface area contributed by atoms with E-state index in [2.05, 4.69) is 0 Å². The van der Waals surface area contributed by atoms with Gasteiger partial charge in [0.15, 0.2) is 0 Å². The van der Waals surface area contributed by atoms with Crippen molar-refractivity contribution in [1.82, 2.24) is 0 Å². The highest BCUT2D eigenvalue weighted by Crippen LogP contribution is 2.24. The van der Waals surface area contributed by atoms with Crippen LogP contribution in [0.3, 0.4) is 0 Å². The minimum absolute atomic E-state index is 0.0247. The second-order valence-electron chi connectivity index (χ2n) is 2.53. The van der Waals surface area contributed by atoms with Crippen molar-refractivity contribution in [2.75, 3.05) is 0 Å². The fourth-order valence-electron chi connectivity index (χ4n) is 1.05. The molecule has 0 spiro atoms. The molecule has 0 aromatic carbocycles. The minimum Gasteiger partial charge on any atom is -0.509 e. The number of aliphatic hydroxyl groups is 2. The van der Waals surface area contributed by atoms with E-state index in [4.69, 9.17) is 10.2 Å². The van der Waals surface area contributed by atoms with Crippen LogP contribution in [-0.4, -0.2) is 16.5 Å². The number of aliphatic hydroxyl groups excluding tert-OH is 2. The number of hydrogen-bond acceptors (Lipinski definition) is 3. The largest absolute Gasteiger partial charge is 0.509 e. The summed E-state index contributed by atoms with van der Waals surface area (Å²) in [4.78, 5) is 10.2. The Morgan fingerprint density at radius 1 is 1.40 bits per heavy atom. The summed E-state index contributed by atoms with van der Waals surface area (Å²) in [5.74, 6) is -0.0858. The predicted molar refractivity (Wildman–Crippen MR) is 35.7 cm³/mol. The zero-order valence-corrected chi connectivity index (χ0v) is 5.58. The van der Waals surface area contributed by atoms with Crippen molar-refractivity contribution in [2.45, 2.75) is 19.3 Å². The first-order chi connectivity index (χ1) is 4.74. The van der Waals surface area contributed by atoms with Crippen molar-refractivity contribution in [3.63, 3.8) is 0 Å². The highest BCUT2D eigenvalue weighted by Gasteiger charge is 2.19. The highest BCUT2D eigenvalue weighted by atomic mass is 16.3. The average molecular weight is 142 g/mol. The first kappa shape index (κ1) is 7.12. The Morgan fingerprint density at radius 3 is 2.60 bits per heavy atom. The summed E-state index contributed by atoms with van der Waals surface area (Å²) in [5.41, 5.74) is 0. The molecule has 10 heavy (non-hydrogen) atoms. The Kier molecular flexibility index (Phi) is 1.94. The molecule has 1 aliphatic carbocycles. The fraction of sp³-hybridized carbons (Fsp3) is 0.571. The molecule has 1 atom stereocenters. The SMILES string of the molecule is O=CC1CCC(O)=C(O)C1. The summed E-state index contributed by atoms with van der Waals surface area (Å²) in [6, 6.07) is 0. The third-order valence-electron chi connectivity index (χ3n) is 1.73. The zero-order chi connectivity index (χ0) is 7.56. The molecule has 0 amide bonds. The molecule has 1 rings (SSSR count). The third-order valence-corrected chi connectivity index (χ3v) is 1.73. The summed E-state index contributed by atoms with van der Waals surface area (Å²) in [6.07, 6.45) is 2.20. The number of carbonyl (C=O) groups excluding carboxylic acids is 1. The van der Waals surface area contributed by atoms with Crippen molar-refractivity contribution in [1.29, 1.82) is 0 Å². The van der Waals surface area contributed by atoms with E-state index in [0.717, 1.165) is 6.29 Å². The van der Waals surface area contributed by atoms with Gasteiger partial charge < -0.3 is 15.0 Å². The second-order valence-corrected chi connectivity index (χ2v) is 2.53. The van der Waals surface area contributed by atoms with Crippen molar-refractivity contribution in [3.8, 4) is 0 Å². The van der Waals surface area contributed by atoms with Gasteiger partial charge in [-0.2, -0.15) is 0 Å². The van der Waals surface area contributed by atoms with E-state index in [1.54, 1.807) is 0 Å². The van der Waals surface area contributed by atoms with Crippen LogP contribution in [0.4, 0.5) is 0 Å². The monoisotopic (exact) mass is 142 g/mol. The molecule has 3 heteroatoms. The second kappa shape index (κ2) is 2.73. The zero-order valence-electron chi connectivity index (χ0n) is 5.58. The first-order valence-corrected chi connectivity index (χ1v) is 3.29. The van der Waals surface area contributed by atoms with Gasteiger partial charge in [0.05, 0.1) is 0 Å². The van der Waals surface area contributed by atoms with E-state index >= 15 is 0 Å². The van der Waals surface area contributed by atoms with Crippen molar-refractivity contribution in [3.05, 3.63) is 11.5 Å². The van der Waals surface area contributed by atoms with Crippen LogP contribution in [0.25, 0.3) is 0 Å². The smallest absolute Gasteiger partial charge is 0.130 e. The predicted octanol–water partition coefficient (Wildman–Crippen LogP) is 1.31. The Bertz CT molecular complexity index is 172. The number of carbonyl (C=O) groups is 1. The molecule has 0 aromatic heterocycles. The Morgan fingerprint density at radius 2 is 2.10 bits per heavy atom. The van der Waals surface area contributed by atoms with Crippen LogP contribution in [0.1, 0.15) is 19.3 Å². The number of rotatable bonds is 1. The molecular formula is C7H10O3. The molecule has 56 valence electrons. The van der Waals surface area contributed by atoms with Crippen molar-refractivity contribution in [2.24, 2.45) is 5.92 Å². The quantitative estimate of drug-likeness (QED) is 0.543. The summed E-state index contributed by atoms with van der Waals surface area (Å²) in [7, 11) is 0. The van der Waals surface area contributed by atoms with Gasteiger partial charge in [-0.3, -0.25) is 0 Å². The fourth-order valence-corrected chi connectivity index (χ4v) is 1.05. The summed E-state index contributed by atoms with van der Waals surface area (Å²) in [5, 5.41) is 17.9. The van der Waals surface area contributed by atoms with E-state index in [1.807, 2.05) is 0 Å². The maximum absolute atomic E-state index is 10.2. The van der Waals surface area contributed by atoms with Crippen molar-refractivity contribution >= 4 is 6.29 Å². The van der Waals surface area contributed by atoms with Crippen LogP contribution >= 0.6 is 0 Å². The van der Waals surface area contributed by atoms with Gasteiger partial charge in [-0.15, -0.1) is 0 Å². The summed E-state index contributed by atoms with van der Waals surface area (Å²) < 4.78 is 0. The van der Waals surface area contributed by atoms with E-state index < -0.39 is 0 Å². The number of aldehydes is 1. The van der Waals surface area contributed by atoms with Gasteiger partial charge in [0, 0.05) is 18.8 Å². The lowest BCUT2D eigenvalue weighted by atomic mass is 9.93. The van der Waals surface area contributed by atoms with Crippen LogP contribution < -0.4 is 0 Å². The highest BCUT2D eigenvalue weighted by molar-refractivity contribution is 5.54. The van der Waals surface area contributed by atoms with Gasteiger partial charge in [-0.05, 0) is 6.42 Å². The molecule has 1 unspecified atom stereocenters. The van der Waals surface area contributed by atoms with Crippen LogP contribution in [0.5, 0.6) is 0 Å². The normalized spacial score (nSPS) is 26.6. The van der Waals surface area contributed by atoms with Crippen LogP contribution in [0.2, 0.25) is 0 Å². The maximum Gasteiger partial charge on any atom is 0.130 e. The molecule has 2 N–H and O–H groups in total. The van der Waals surface area contributed by atoms with Crippen LogP contribution in [0.15, 0.2) is 11.5 Å². The molecule has 0 aromatic rings. The van der Waals surface area contributed by atoms with Gasteiger partial charge in [0.2, 0.25) is 0 Å². The lowest BCUT2D eigenvalue weighted by Crippen LogP contribution is -2.11. The summed E-state index contributed by atoms with van der Waals surface area (Å²) in [6.45, 7) is 0. The first-order valence-electron chi connectivity index (χ1n) is 3.29. The molecule has 1 aliphatic rings. The van der Waals surface area contributed by atoms with Gasteiger partial charge in [-0.1, -0.05) is 0 Å². The molecule has 0 saturated carbocycles. The topological polar surface area (TPSA) is 57.5 Å². The Balaban J connectivity index is 2.62. The van der Waals surface area contributed by atoms with E-state index in [1.165, 1.54) is 0 Å². The van der Waals surface area contributed by atoms with Gasteiger partial charge >= 0.3 is 0 Å². The third kappa shape index (κ3) is 1.29. The lowest BCUT2D eigenvalue weighted by molar-refractivity contribution is -0.111. The maximum atomic E-state index is 10.2. The van der Waals surface area contributed by atoms with E-state index in [-0.39, 0.29) is 17.4 Å². The van der Waals surface area contributed by atoms with Crippen LogP contribution in [-0.2, 0) is 4.79 Å². The minimum atomic E-state index is -0.101. The van der Waals surface area contributed by atoms with E-state index in [9.17, 15) is 4.79 Å². The average Bonchev–Trinajstić information content (AvgIpc) is 1.95. The van der Waals surface area contributed by atoms with Crippen molar-refractivity contribution < 1.29 is 15.0 Å². The molecule has 0 saturated heterocycles. The van der Waals surface area contributed by atoms with Gasteiger partial charge in [0.1, 0.15) is 17.8 Å². The summed E-state index contributed by atoms with van der Waals surface area (Å²) >= 11 is 0. The van der Waals surface area contributed by atoms with Gasteiger partial charge in [-0.25, -0.2) is 0 Å². The molecule has 0 aliphatic heterocycles. The molecule has 0 radical (unpaired) electrons. The Hall–Kier alpha value is -0.990. The molecule has 3 nitrogen and oxygen atoms in total. The molecule has 0 bridgehead atoms. The van der Waals surface area contributed by atoms with Crippen LogP contribution in [0, 0.1) is 5.92 Å². The van der Waals surface area contributed by atoms with E-state index in [0.29, 0.717) is 19.3 Å². The molecular weight excluding hydrogens is 132 g/mol. The lowest BCUT2D eigenvalue weighted by Gasteiger charge is -2.15. The molecule has 0 fully saturated rings. The Labute approximate surface area is 59.0 Å². The number of allylic oxidation sites excluding steroid dienone is 2. The standard InChI is InChI=1S/C7H10O3/c8-4-5-1-2-6(9)7(10)3-5/h4-5,9-10H,1-3H2.